The van der Waals surface area contributed by atoms with Gasteiger partial charge in [-0.2, -0.15) is 0 Å². The first-order chi connectivity index (χ1) is 14.1. The van der Waals surface area contributed by atoms with E-state index in [1.807, 2.05) is 68.4 Å². The maximum Gasteiger partial charge on any atom is 0.258 e. The predicted octanol–water partition coefficient (Wildman–Crippen LogP) is 4.84. The van der Waals surface area contributed by atoms with Gasteiger partial charge < -0.3 is 24.1 Å². The number of hydrogen-bond acceptors (Lipinski definition) is 5. The van der Waals surface area contributed by atoms with E-state index in [1.54, 1.807) is 18.3 Å². The number of anilines is 1. The molecule has 2 heterocycles. The van der Waals surface area contributed by atoms with Crippen LogP contribution in [-0.4, -0.2) is 24.0 Å². The molecule has 0 aliphatic carbocycles. The molecule has 4 rings (SSSR count). The van der Waals surface area contributed by atoms with Gasteiger partial charge in [-0.25, -0.2) is 0 Å². The summed E-state index contributed by atoms with van der Waals surface area (Å²) in [5.41, 5.74) is 2.24. The normalized spacial score (nSPS) is 15.8. The molecule has 0 saturated carbocycles. The van der Waals surface area contributed by atoms with E-state index in [2.05, 4.69) is 5.32 Å². The van der Waals surface area contributed by atoms with Crippen molar-refractivity contribution in [3.05, 3.63) is 77.7 Å². The number of carbonyl (C=O) groups excluding carboxylic acids is 1. The van der Waals surface area contributed by atoms with Crippen molar-refractivity contribution in [3.63, 3.8) is 0 Å². The van der Waals surface area contributed by atoms with Crippen LogP contribution in [0, 0.1) is 0 Å². The van der Waals surface area contributed by atoms with Crippen molar-refractivity contribution in [2.24, 2.45) is 0 Å². The van der Waals surface area contributed by atoms with Crippen molar-refractivity contribution in [3.8, 4) is 11.5 Å². The summed E-state index contributed by atoms with van der Waals surface area (Å²) in [4.78, 5) is 15.1. The highest BCUT2D eigenvalue weighted by Gasteiger charge is 2.35. The fourth-order valence-electron chi connectivity index (χ4n) is 3.54. The van der Waals surface area contributed by atoms with Crippen molar-refractivity contribution < 1.29 is 18.7 Å². The van der Waals surface area contributed by atoms with Crippen LogP contribution in [0.1, 0.15) is 41.7 Å². The minimum atomic E-state index is -0.439. The van der Waals surface area contributed by atoms with E-state index in [4.69, 9.17) is 13.9 Å². The molecule has 150 valence electrons. The number of benzene rings is 2. The molecule has 29 heavy (non-hydrogen) atoms. The van der Waals surface area contributed by atoms with E-state index in [0.717, 1.165) is 11.3 Å². The Morgan fingerprint density at radius 1 is 1.10 bits per heavy atom. The zero-order valence-corrected chi connectivity index (χ0v) is 16.7. The first kappa shape index (κ1) is 18.9. The lowest BCUT2D eigenvalue weighted by molar-refractivity contribution is 0.0647. The number of furan rings is 1. The molecule has 1 atom stereocenters. The zero-order valence-electron chi connectivity index (χ0n) is 16.7. The van der Waals surface area contributed by atoms with Crippen LogP contribution in [0.2, 0.25) is 0 Å². The Bertz CT molecular complexity index is 998. The molecule has 1 aromatic heterocycles. The number of rotatable bonds is 6. The number of nitrogens with zero attached hydrogens (tertiary/aromatic N) is 1. The van der Waals surface area contributed by atoms with Crippen LogP contribution in [0.4, 0.5) is 5.69 Å². The molecular weight excluding hydrogens is 368 g/mol. The standard InChI is InChI=1S/C23H24N2O4/c1-15(2)29-21-18(10-6-12-20(21)27-3)22-24-19-11-5-4-9-17(19)23(26)25(22)14-16-8-7-13-28-16/h4-13,15,22,24H,14H2,1-3H3/t22-/m1/s1. The molecule has 0 unspecified atom stereocenters. The molecule has 6 nitrogen and oxygen atoms in total. The largest absolute Gasteiger partial charge is 0.493 e. The maximum absolute atomic E-state index is 13.4. The lowest BCUT2D eigenvalue weighted by Gasteiger charge is -2.38. The minimum Gasteiger partial charge on any atom is -0.493 e. The van der Waals surface area contributed by atoms with Crippen LogP contribution in [-0.2, 0) is 6.54 Å². The van der Waals surface area contributed by atoms with Crippen molar-refractivity contribution >= 4 is 11.6 Å². The van der Waals surface area contributed by atoms with E-state index in [1.165, 1.54) is 0 Å². The molecule has 1 aliphatic rings. The number of ether oxygens (including phenoxy) is 2. The van der Waals surface area contributed by atoms with Gasteiger partial charge in [0.1, 0.15) is 11.9 Å². The summed E-state index contributed by atoms with van der Waals surface area (Å²) in [6.45, 7) is 4.26. The SMILES string of the molecule is COc1cccc([C@@H]2Nc3ccccc3C(=O)N2Cc2ccco2)c1OC(C)C. The highest BCUT2D eigenvalue weighted by Crippen LogP contribution is 2.41. The molecule has 2 aromatic carbocycles. The monoisotopic (exact) mass is 392 g/mol. The third kappa shape index (κ3) is 3.66. The van der Waals surface area contributed by atoms with Crippen LogP contribution in [0.3, 0.4) is 0 Å². The van der Waals surface area contributed by atoms with E-state index in [9.17, 15) is 4.79 Å². The predicted molar refractivity (Wildman–Crippen MR) is 110 cm³/mol. The number of nitrogens with one attached hydrogen (secondary N) is 1. The third-order valence-electron chi connectivity index (χ3n) is 4.81. The summed E-state index contributed by atoms with van der Waals surface area (Å²) < 4.78 is 17.2. The van der Waals surface area contributed by atoms with E-state index in [-0.39, 0.29) is 12.0 Å². The van der Waals surface area contributed by atoms with Crippen molar-refractivity contribution in [1.82, 2.24) is 4.90 Å². The van der Waals surface area contributed by atoms with Crippen LogP contribution >= 0.6 is 0 Å². The minimum absolute atomic E-state index is 0.0462. The number of para-hydroxylation sites is 2. The average molecular weight is 392 g/mol. The highest BCUT2D eigenvalue weighted by molar-refractivity contribution is 6.01. The Morgan fingerprint density at radius 2 is 1.93 bits per heavy atom. The molecule has 1 N–H and O–H groups in total. The number of methoxy groups -OCH3 is 1. The first-order valence-corrected chi connectivity index (χ1v) is 9.61. The molecule has 0 bridgehead atoms. The fourth-order valence-corrected chi connectivity index (χ4v) is 3.54. The number of fused-ring (bicyclic) bond motifs is 1. The number of amides is 1. The summed E-state index contributed by atoms with van der Waals surface area (Å²) in [5, 5.41) is 3.50. The summed E-state index contributed by atoms with van der Waals surface area (Å²) >= 11 is 0. The van der Waals surface area contributed by atoms with Gasteiger partial charge in [0, 0.05) is 11.3 Å². The quantitative estimate of drug-likeness (QED) is 0.650. The maximum atomic E-state index is 13.4. The van der Waals surface area contributed by atoms with Crippen molar-refractivity contribution in [1.29, 1.82) is 0 Å². The second-order valence-corrected chi connectivity index (χ2v) is 7.15. The topological polar surface area (TPSA) is 63.9 Å². The van der Waals surface area contributed by atoms with Crippen LogP contribution < -0.4 is 14.8 Å². The molecule has 0 saturated heterocycles. The smallest absolute Gasteiger partial charge is 0.258 e. The number of hydrogen-bond donors (Lipinski definition) is 1. The van der Waals surface area contributed by atoms with Crippen molar-refractivity contribution in [2.75, 3.05) is 12.4 Å². The van der Waals surface area contributed by atoms with Gasteiger partial charge in [0.25, 0.3) is 5.91 Å². The molecule has 0 spiro atoms. The van der Waals surface area contributed by atoms with Gasteiger partial charge in [0.15, 0.2) is 11.5 Å². The van der Waals surface area contributed by atoms with E-state index < -0.39 is 6.17 Å². The van der Waals surface area contributed by atoms with Gasteiger partial charge in [-0.1, -0.05) is 24.3 Å². The van der Waals surface area contributed by atoms with Crippen LogP contribution in [0.5, 0.6) is 11.5 Å². The van der Waals surface area contributed by atoms with E-state index in [0.29, 0.717) is 29.4 Å². The van der Waals surface area contributed by atoms with Crippen LogP contribution in [0.15, 0.2) is 65.3 Å². The molecule has 0 fully saturated rings. The zero-order chi connectivity index (χ0) is 20.4. The van der Waals surface area contributed by atoms with E-state index >= 15 is 0 Å². The Kier molecular flexibility index (Phi) is 5.16. The summed E-state index contributed by atoms with van der Waals surface area (Å²) in [7, 11) is 1.61. The average Bonchev–Trinajstić information content (AvgIpc) is 3.23. The Balaban J connectivity index is 1.82. The van der Waals surface area contributed by atoms with Gasteiger partial charge in [-0.05, 0) is 44.2 Å². The molecule has 1 aliphatic heterocycles. The molecule has 1 amide bonds. The summed E-state index contributed by atoms with van der Waals surface area (Å²) in [6.07, 6.45) is 1.13. The van der Waals surface area contributed by atoms with Gasteiger partial charge in [0.05, 0.1) is 31.6 Å². The third-order valence-corrected chi connectivity index (χ3v) is 4.81. The molecule has 6 heteroatoms. The van der Waals surface area contributed by atoms with Gasteiger partial charge >= 0.3 is 0 Å². The van der Waals surface area contributed by atoms with Gasteiger partial charge in [0.2, 0.25) is 0 Å². The molecule has 0 radical (unpaired) electrons. The van der Waals surface area contributed by atoms with Crippen molar-refractivity contribution in [2.45, 2.75) is 32.7 Å². The summed E-state index contributed by atoms with van der Waals surface area (Å²) in [5.74, 6) is 1.89. The van der Waals surface area contributed by atoms with Gasteiger partial charge in [-0.3, -0.25) is 4.79 Å². The second-order valence-electron chi connectivity index (χ2n) is 7.15. The summed E-state index contributed by atoms with van der Waals surface area (Å²) in [6, 6.07) is 16.9. The lowest BCUT2D eigenvalue weighted by Crippen LogP contribution is -2.42. The van der Waals surface area contributed by atoms with Gasteiger partial charge in [-0.15, -0.1) is 0 Å². The molecular formula is C23H24N2O4. The Hall–Kier alpha value is -3.41. The first-order valence-electron chi connectivity index (χ1n) is 9.61. The lowest BCUT2D eigenvalue weighted by atomic mass is 10.0. The number of carbonyl (C=O) groups is 1. The molecule has 3 aromatic rings. The fraction of sp³-hybridized carbons (Fsp3) is 0.261. The van der Waals surface area contributed by atoms with Crippen LogP contribution in [0.25, 0.3) is 0 Å². The highest BCUT2D eigenvalue weighted by atomic mass is 16.5. The second kappa shape index (κ2) is 7.91. The Labute approximate surface area is 170 Å². The Morgan fingerprint density at radius 3 is 2.66 bits per heavy atom.